The Morgan fingerprint density at radius 2 is 1.79 bits per heavy atom. The third-order valence-corrected chi connectivity index (χ3v) is 4.97. The zero-order valence-corrected chi connectivity index (χ0v) is 14.3. The van der Waals surface area contributed by atoms with Crippen LogP contribution in [0.1, 0.15) is 17.5 Å². The smallest absolute Gasteiger partial charge is 0.240 e. The Labute approximate surface area is 141 Å². The van der Waals surface area contributed by atoms with Gasteiger partial charge in [-0.2, -0.15) is 0 Å². The summed E-state index contributed by atoms with van der Waals surface area (Å²) in [5.41, 5.74) is 1.84. The van der Waals surface area contributed by atoms with Crippen LogP contribution in [0.2, 0.25) is 0 Å². The van der Waals surface area contributed by atoms with E-state index in [1.165, 1.54) is 25.2 Å². The van der Waals surface area contributed by atoms with Crippen LogP contribution in [0.15, 0.2) is 47.4 Å². The molecule has 0 unspecified atom stereocenters. The summed E-state index contributed by atoms with van der Waals surface area (Å²) in [5.74, 6) is -0.776. The predicted molar refractivity (Wildman–Crippen MR) is 90.8 cm³/mol. The molecule has 128 valence electrons. The predicted octanol–water partition coefficient (Wildman–Crippen LogP) is 2.61. The molecule has 0 atom stereocenters. The Hall–Kier alpha value is -2.25. The summed E-state index contributed by atoms with van der Waals surface area (Å²) in [5, 5.41) is 2.55. The van der Waals surface area contributed by atoms with Crippen molar-refractivity contribution in [3.63, 3.8) is 0 Å². The maximum atomic E-state index is 13.6. The van der Waals surface area contributed by atoms with Gasteiger partial charge < -0.3 is 5.32 Å². The molecule has 0 aliphatic carbocycles. The Morgan fingerprint density at radius 1 is 1.12 bits per heavy atom. The summed E-state index contributed by atoms with van der Waals surface area (Å²) in [4.78, 5) is 12.1. The van der Waals surface area contributed by atoms with Gasteiger partial charge >= 0.3 is 0 Å². The summed E-state index contributed by atoms with van der Waals surface area (Å²) in [6, 6.07) is 10.8. The Balaban J connectivity index is 1.96. The van der Waals surface area contributed by atoms with Crippen molar-refractivity contribution in [2.45, 2.75) is 24.7 Å². The third-order valence-electron chi connectivity index (χ3n) is 3.54. The lowest BCUT2D eigenvalue weighted by Crippen LogP contribution is -2.18. The number of benzene rings is 2. The lowest BCUT2D eigenvalue weighted by atomic mass is 10.1. The number of hydrogen-bond donors (Lipinski definition) is 2. The summed E-state index contributed by atoms with van der Waals surface area (Å²) < 4.78 is 39.1. The first-order chi connectivity index (χ1) is 11.3. The van der Waals surface area contributed by atoms with Crippen molar-refractivity contribution in [3.05, 3.63) is 59.4 Å². The van der Waals surface area contributed by atoms with Crippen LogP contribution < -0.4 is 10.0 Å². The molecule has 0 fully saturated rings. The van der Waals surface area contributed by atoms with E-state index in [9.17, 15) is 17.6 Å². The first-order valence-corrected chi connectivity index (χ1v) is 8.88. The molecule has 0 saturated heterocycles. The number of carbonyl (C=O) groups is 1. The molecule has 0 spiro atoms. The van der Waals surface area contributed by atoms with Crippen molar-refractivity contribution in [2.75, 3.05) is 12.4 Å². The molecule has 0 radical (unpaired) electrons. The second-order valence-corrected chi connectivity index (χ2v) is 7.27. The van der Waals surface area contributed by atoms with Crippen LogP contribution >= 0.6 is 0 Å². The van der Waals surface area contributed by atoms with E-state index in [-0.39, 0.29) is 22.9 Å². The van der Waals surface area contributed by atoms with Gasteiger partial charge in [0.25, 0.3) is 0 Å². The van der Waals surface area contributed by atoms with Gasteiger partial charge in [-0.15, -0.1) is 0 Å². The number of carbonyl (C=O) groups excluding carboxylic acids is 1. The van der Waals surface area contributed by atoms with E-state index in [4.69, 9.17) is 0 Å². The summed E-state index contributed by atoms with van der Waals surface area (Å²) in [6.45, 7) is 1.82. The van der Waals surface area contributed by atoms with Gasteiger partial charge in [0.05, 0.1) is 10.6 Å². The first kappa shape index (κ1) is 18.1. The second-order valence-electron chi connectivity index (χ2n) is 5.38. The molecule has 24 heavy (non-hydrogen) atoms. The van der Waals surface area contributed by atoms with Gasteiger partial charge in [0.2, 0.25) is 15.9 Å². The van der Waals surface area contributed by atoms with Gasteiger partial charge in [-0.05, 0) is 55.8 Å². The SMILES string of the molecule is CNS(=O)(=O)c1ccc(CCC(=O)Nc2cc(C)ccc2F)cc1. The molecule has 2 aromatic rings. The molecule has 1 amide bonds. The van der Waals surface area contributed by atoms with Gasteiger partial charge in [0.15, 0.2) is 0 Å². The quantitative estimate of drug-likeness (QED) is 0.841. The van der Waals surface area contributed by atoms with Crippen LogP contribution in [0.5, 0.6) is 0 Å². The molecule has 0 aliphatic heterocycles. The number of anilines is 1. The topological polar surface area (TPSA) is 75.3 Å². The second kappa shape index (κ2) is 7.55. The molecule has 0 aromatic heterocycles. The largest absolute Gasteiger partial charge is 0.324 e. The number of aryl methyl sites for hydroxylation is 2. The normalized spacial score (nSPS) is 11.3. The molecule has 0 heterocycles. The minimum Gasteiger partial charge on any atom is -0.324 e. The van der Waals surface area contributed by atoms with Crippen molar-refractivity contribution in [1.29, 1.82) is 0 Å². The van der Waals surface area contributed by atoms with Crippen LogP contribution in [0, 0.1) is 12.7 Å². The maximum absolute atomic E-state index is 13.6. The van der Waals surface area contributed by atoms with Crippen molar-refractivity contribution in [1.82, 2.24) is 4.72 Å². The number of halogens is 1. The van der Waals surface area contributed by atoms with Gasteiger partial charge in [-0.1, -0.05) is 18.2 Å². The zero-order chi connectivity index (χ0) is 17.7. The molecular weight excluding hydrogens is 331 g/mol. The van der Waals surface area contributed by atoms with Crippen LogP contribution in [0.25, 0.3) is 0 Å². The van der Waals surface area contributed by atoms with Gasteiger partial charge in [0, 0.05) is 6.42 Å². The number of nitrogens with one attached hydrogen (secondary N) is 2. The zero-order valence-electron chi connectivity index (χ0n) is 13.5. The van der Waals surface area contributed by atoms with Gasteiger partial charge in [-0.3, -0.25) is 4.79 Å². The number of amides is 1. The van der Waals surface area contributed by atoms with E-state index in [1.807, 2.05) is 6.92 Å². The minimum absolute atomic E-state index is 0.162. The molecule has 5 nitrogen and oxygen atoms in total. The van der Waals surface area contributed by atoms with Crippen LogP contribution in [0.3, 0.4) is 0 Å². The van der Waals surface area contributed by atoms with Gasteiger partial charge in [-0.25, -0.2) is 17.5 Å². The Morgan fingerprint density at radius 3 is 2.42 bits per heavy atom. The lowest BCUT2D eigenvalue weighted by molar-refractivity contribution is -0.116. The standard InChI is InChI=1S/C17H19FN2O3S/c1-12-3-9-15(18)16(11-12)20-17(21)10-6-13-4-7-14(8-5-13)24(22,23)19-2/h3-5,7-9,11,19H,6,10H2,1-2H3,(H,20,21). The Bertz CT molecular complexity index is 833. The molecule has 0 bridgehead atoms. The molecule has 0 aliphatic rings. The molecular formula is C17H19FN2O3S. The van der Waals surface area contributed by atoms with Crippen molar-refractivity contribution in [2.24, 2.45) is 0 Å². The Kier molecular flexibility index (Phi) is 5.69. The van der Waals surface area contributed by atoms with E-state index in [0.29, 0.717) is 6.42 Å². The highest BCUT2D eigenvalue weighted by molar-refractivity contribution is 7.89. The molecule has 2 aromatic carbocycles. The maximum Gasteiger partial charge on any atom is 0.240 e. The summed E-state index contributed by atoms with van der Waals surface area (Å²) >= 11 is 0. The van der Waals surface area contributed by atoms with E-state index in [0.717, 1.165) is 11.1 Å². The summed E-state index contributed by atoms with van der Waals surface area (Å²) in [6.07, 6.45) is 0.602. The molecule has 2 rings (SSSR count). The first-order valence-electron chi connectivity index (χ1n) is 7.40. The molecule has 2 N–H and O–H groups in total. The van der Waals surface area contributed by atoms with Gasteiger partial charge in [0.1, 0.15) is 5.82 Å². The van der Waals surface area contributed by atoms with E-state index in [1.54, 1.807) is 24.3 Å². The lowest BCUT2D eigenvalue weighted by Gasteiger charge is -2.08. The number of sulfonamides is 1. The highest BCUT2D eigenvalue weighted by atomic mass is 32.2. The minimum atomic E-state index is -3.47. The molecule has 0 saturated carbocycles. The third kappa shape index (κ3) is 4.62. The fourth-order valence-corrected chi connectivity index (χ4v) is 2.89. The summed E-state index contributed by atoms with van der Waals surface area (Å²) in [7, 11) is -2.12. The van der Waals surface area contributed by atoms with Crippen molar-refractivity contribution < 1.29 is 17.6 Å². The van der Waals surface area contributed by atoms with Crippen LogP contribution in [-0.2, 0) is 21.2 Å². The van der Waals surface area contributed by atoms with Crippen LogP contribution in [-0.4, -0.2) is 21.4 Å². The van der Waals surface area contributed by atoms with E-state index < -0.39 is 15.8 Å². The highest BCUT2D eigenvalue weighted by Crippen LogP contribution is 2.16. The van der Waals surface area contributed by atoms with E-state index in [2.05, 4.69) is 10.0 Å². The average Bonchev–Trinajstić information content (AvgIpc) is 2.56. The average molecular weight is 350 g/mol. The number of hydrogen-bond acceptors (Lipinski definition) is 3. The van der Waals surface area contributed by atoms with Crippen LogP contribution in [0.4, 0.5) is 10.1 Å². The van der Waals surface area contributed by atoms with Crippen molar-refractivity contribution >= 4 is 21.6 Å². The van der Waals surface area contributed by atoms with Crippen molar-refractivity contribution in [3.8, 4) is 0 Å². The fraction of sp³-hybridized carbons (Fsp3) is 0.235. The highest BCUT2D eigenvalue weighted by Gasteiger charge is 2.11. The van der Waals surface area contributed by atoms with E-state index >= 15 is 0 Å². The molecule has 7 heteroatoms. The fourth-order valence-electron chi connectivity index (χ4n) is 2.16. The number of rotatable bonds is 6. The monoisotopic (exact) mass is 350 g/mol.